The Hall–Kier alpha value is -2.14. The number of imidazole rings is 1. The van der Waals surface area contributed by atoms with E-state index in [4.69, 9.17) is 5.11 Å². The molecule has 3 rings (SSSR count). The van der Waals surface area contributed by atoms with Crippen LogP contribution in [0.2, 0.25) is 0 Å². The van der Waals surface area contributed by atoms with E-state index < -0.39 is 5.97 Å². The van der Waals surface area contributed by atoms with Crippen molar-refractivity contribution < 1.29 is 9.90 Å². The Labute approximate surface area is 120 Å². The van der Waals surface area contributed by atoms with Gasteiger partial charge in [-0.2, -0.15) is 0 Å². The summed E-state index contributed by atoms with van der Waals surface area (Å²) in [6, 6.07) is 7.93. The van der Waals surface area contributed by atoms with Crippen molar-refractivity contribution in [3.8, 4) is 10.7 Å². The average Bonchev–Trinajstić information content (AvgIpc) is 2.99. The molecule has 0 fully saturated rings. The van der Waals surface area contributed by atoms with Crippen LogP contribution in [0.5, 0.6) is 0 Å². The molecular formula is C15H14N2O2S. The van der Waals surface area contributed by atoms with Crippen molar-refractivity contribution in [1.29, 1.82) is 0 Å². The molecular weight excluding hydrogens is 272 g/mol. The summed E-state index contributed by atoms with van der Waals surface area (Å²) in [4.78, 5) is 16.7. The molecule has 2 aromatic heterocycles. The van der Waals surface area contributed by atoms with Gasteiger partial charge in [0.15, 0.2) is 5.82 Å². The fourth-order valence-electron chi connectivity index (χ4n) is 2.27. The van der Waals surface area contributed by atoms with E-state index in [-0.39, 0.29) is 6.54 Å². The third kappa shape index (κ3) is 2.10. The zero-order valence-electron chi connectivity index (χ0n) is 11.3. The van der Waals surface area contributed by atoms with Gasteiger partial charge in [0, 0.05) is 0 Å². The number of aryl methyl sites for hydroxylation is 2. The van der Waals surface area contributed by atoms with E-state index in [0.717, 1.165) is 32.9 Å². The molecule has 0 saturated heterocycles. The lowest BCUT2D eigenvalue weighted by atomic mass is 10.1. The van der Waals surface area contributed by atoms with Gasteiger partial charge in [0.25, 0.3) is 0 Å². The number of aromatic nitrogens is 2. The fraction of sp³-hybridized carbons (Fsp3) is 0.200. The number of carbonyl (C=O) groups is 1. The van der Waals surface area contributed by atoms with Crippen LogP contribution in [0.15, 0.2) is 29.6 Å². The summed E-state index contributed by atoms with van der Waals surface area (Å²) in [5, 5.41) is 11.1. The minimum absolute atomic E-state index is 0.0771. The maximum absolute atomic E-state index is 11.1. The molecule has 2 heterocycles. The molecule has 0 radical (unpaired) electrons. The van der Waals surface area contributed by atoms with Crippen LogP contribution in [0.4, 0.5) is 0 Å². The highest BCUT2D eigenvalue weighted by molar-refractivity contribution is 7.13. The lowest BCUT2D eigenvalue weighted by Crippen LogP contribution is -2.09. The number of fused-ring (bicyclic) bond motifs is 1. The van der Waals surface area contributed by atoms with Gasteiger partial charge in [-0.05, 0) is 48.6 Å². The minimum atomic E-state index is -0.861. The van der Waals surface area contributed by atoms with Gasteiger partial charge >= 0.3 is 5.97 Å². The van der Waals surface area contributed by atoms with Crippen molar-refractivity contribution in [3.63, 3.8) is 0 Å². The second kappa shape index (κ2) is 4.76. The zero-order valence-corrected chi connectivity index (χ0v) is 12.1. The van der Waals surface area contributed by atoms with Crippen molar-refractivity contribution in [1.82, 2.24) is 9.55 Å². The van der Waals surface area contributed by atoms with Gasteiger partial charge in [-0.15, -0.1) is 11.3 Å². The Kier molecular flexibility index (Phi) is 3.06. The second-order valence-electron chi connectivity index (χ2n) is 4.82. The SMILES string of the molecule is Cc1cc2nc(-c3cccs3)n(CC(=O)O)c2cc1C. The molecule has 0 aliphatic carbocycles. The van der Waals surface area contributed by atoms with Gasteiger partial charge in [0.05, 0.1) is 15.9 Å². The van der Waals surface area contributed by atoms with E-state index in [2.05, 4.69) is 4.98 Å². The van der Waals surface area contributed by atoms with Crippen LogP contribution in [-0.4, -0.2) is 20.6 Å². The molecule has 0 bridgehead atoms. The van der Waals surface area contributed by atoms with E-state index in [0.29, 0.717) is 0 Å². The largest absolute Gasteiger partial charge is 0.480 e. The summed E-state index contributed by atoms with van der Waals surface area (Å²) in [5.41, 5.74) is 4.02. The molecule has 102 valence electrons. The first-order valence-corrected chi connectivity index (χ1v) is 7.17. The topological polar surface area (TPSA) is 55.1 Å². The monoisotopic (exact) mass is 286 g/mol. The molecule has 1 aromatic carbocycles. The quantitative estimate of drug-likeness (QED) is 0.802. The summed E-state index contributed by atoms with van der Waals surface area (Å²) < 4.78 is 1.77. The third-order valence-electron chi connectivity index (χ3n) is 3.40. The predicted octanol–water partition coefficient (Wildman–Crippen LogP) is 3.47. The Morgan fingerprint density at radius 3 is 2.75 bits per heavy atom. The highest BCUT2D eigenvalue weighted by atomic mass is 32.1. The molecule has 5 heteroatoms. The number of carboxylic acids is 1. The summed E-state index contributed by atoms with van der Waals surface area (Å²) >= 11 is 1.56. The Bertz CT molecular complexity index is 788. The predicted molar refractivity (Wildman–Crippen MR) is 80.2 cm³/mol. The van der Waals surface area contributed by atoms with Crippen LogP contribution >= 0.6 is 11.3 Å². The fourth-order valence-corrected chi connectivity index (χ4v) is 2.99. The number of thiophene rings is 1. The van der Waals surface area contributed by atoms with Gasteiger partial charge in [-0.25, -0.2) is 4.98 Å². The number of carboxylic acid groups (broad SMARTS) is 1. The average molecular weight is 286 g/mol. The maximum Gasteiger partial charge on any atom is 0.323 e. The minimum Gasteiger partial charge on any atom is -0.480 e. The summed E-state index contributed by atoms with van der Waals surface area (Å²) in [6.07, 6.45) is 0. The normalized spacial score (nSPS) is 11.1. The molecule has 0 amide bonds. The number of nitrogens with zero attached hydrogens (tertiary/aromatic N) is 2. The van der Waals surface area contributed by atoms with Crippen LogP contribution in [0.3, 0.4) is 0 Å². The van der Waals surface area contributed by atoms with Crippen LogP contribution in [0.25, 0.3) is 21.7 Å². The first-order valence-electron chi connectivity index (χ1n) is 6.29. The number of hydrogen-bond acceptors (Lipinski definition) is 3. The number of benzene rings is 1. The molecule has 0 unspecified atom stereocenters. The van der Waals surface area contributed by atoms with E-state index in [1.807, 2.05) is 43.5 Å². The number of hydrogen-bond donors (Lipinski definition) is 1. The van der Waals surface area contributed by atoms with Gasteiger partial charge in [-0.1, -0.05) is 6.07 Å². The third-order valence-corrected chi connectivity index (χ3v) is 4.26. The maximum atomic E-state index is 11.1. The van der Waals surface area contributed by atoms with Crippen molar-refractivity contribution in [2.24, 2.45) is 0 Å². The molecule has 20 heavy (non-hydrogen) atoms. The molecule has 0 saturated carbocycles. The van der Waals surface area contributed by atoms with Crippen molar-refractivity contribution in [3.05, 3.63) is 40.8 Å². The highest BCUT2D eigenvalue weighted by Crippen LogP contribution is 2.29. The Balaban J connectivity index is 2.30. The van der Waals surface area contributed by atoms with Crippen LogP contribution in [0.1, 0.15) is 11.1 Å². The molecule has 1 N–H and O–H groups in total. The lowest BCUT2D eigenvalue weighted by molar-refractivity contribution is -0.137. The molecule has 4 nitrogen and oxygen atoms in total. The Morgan fingerprint density at radius 1 is 1.35 bits per heavy atom. The molecule has 0 aliphatic rings. The summed E-state index contributed by atoms with van der Waals surface area (Å²) in [6.45, 7) is 3.99. The van der Waals surface area contributed by atoms with Gasteiger partial charge < -0.3 is 9.67 Å². The lowest BCUT2D eigenvalue weighted by Gasteiger charge is -2.06. The molecule has 3 aromatic rings. The summed E-state index contributed by atoms with van der Waals surface area (Å²) in [7, 11) is 0. The molecule has 0 atom stereocenters. The van der Waals surface area contributed by atoms with Gasteiger partial charge in [0.2, 0.25) is 0 Å². The zero-order chi connectivity index (χ0) is 14.3. The first kappa shape index (κ1) is 12.9. The van der Waals surface area contributed by atoms with Crippen molar-refractivity contribution >= 4 is 28.3 Å². The number of rotatable bonds is 3. The van der Waals surface area contributed by atoms with Gasteiger partial charge in [0.1, 0.15) is 6.54 Å². The smallest absolute Gasteiger partial charge is 0.323 e. The molecule has 0 aliphatic heterocycles. The van der Waals surface area contributed by atoms with E-state index in [1.165, 1.54) is 0 Å². The molecule has 0 spiro atoms. The van der Waals surface area contributed by atoms with Crippen LogP contribution < -0.4 is 0 Å². The van der Waals surface area contributed by atoms with Crippen LogP contribution in [0, 0.1) is 13.8 Å². The standard InChI is InChI=1S/C15H14N2O2S/c1-9-6-11-12(7-10(9)2)17(8-14(18)19)15(16-11)13-4-3-5-20-13/h3-7H,8H2,1-2H3,(H,18,19). The highest BCUT2D eigenvalue weighted by Gasteiger charge is 2.16. The van der Waals surface area contributed by atoms with E-state index in [1.54, 1.807) is 15.9 Å². The van der Waals surface area contributed by atoms with Crippen molar-refractivity contribution in [2.45, 2.75) is 20.4 Å². The summed E-state index contributed by atoms with van der Waals surface area (Å²) in [5.74, 6) is -0.136. The van der Waals surface area contributed by atoms with Gasteiger partial charge in [-0.3, -0.25) is 4.79 Å². The van der Waals surface area contributed by atoms with Crippen LogP contribution in [-0.2, 0) is 11.3 Å². The number of aliphatic carboxylic acids is 1. The van der Waals surface area contributed by atoms with E-state index in [9.17, 15) is 4.79 Å². The second-order valence-corrected chi connectivity index (χ2v) is 5.77. The Morgan fingerprint density at radius 2 is 2.10 bits per heavy atom. The van der Waals surface area contributed by atoms with Crippen molar-refractivity contribution in [2.75, 3.05) is 0 Å². The first-order chi connectivity index (χ1) is 9.56. The van der Waals surface area contributed by atoms with E-state index >= 15 is 0 Å².